The first kappa shape index (κ1) is 28.4. The van der Waals surface area contributed by atoms with Gasteiger partial charge in [-0.2, -0.15) is 0 Å². The third-order valence-electron chi connectivity index (χ3n) is 5.02. The first-order valence-corrected chi connectivity index (χ1v) is 11.2. The number of rotatable bonds is 19. The lowest BCUT2D eigenvalue weighted by Gasteiger charge is -2.15. The van der Waals surface area contributed by atoms with Crippen molar-refractivity contribution in [3.05, 3.63) is 0 Å². The van der Waals surface area contributed by atoms with E-state index in [2.05, 4.69) is 24.2 Å². The number of aliphatic imine (C=N–C) groups is 1. The number of carbonyl (C=O) groups excluding carboxylic acids is 1. The Labute approximate surface area is 175 Å². The fraction of sp³-hybridized carbons (Fsp3) is 0.909. The van der Waals surface area contributed by atoms with E-state index in [0.29, 0.717) is 24.8 Å². The predicted octanol–water partition coefficient (Wildman–Crippen LogP) is 6.02. The Morgan fingerprint density at radius 2 is 1.37 bits per heavy atom. The second-order valence-corrected chi connectivity index (χ2v) is 7.59. The van der Waals surface area contributed by atoms with E-state index >= 15 is 0 Å². The molecule has 0 aromatic heterocycles. The molecule has 0 amide bonds. The Morgan fingerprint density at radius 1 is 0.889 bits per heavy atom. The summed E-state index contributed by atoms with van der Waals surface area (Å²) in [4.78, 5) is 14.9. The van der Waals surface area contributed by atoms with Gasteiger partial charge in [-0.1, -0.05) is 90.9 Å². The maximum absolute atomic E-state index is 10.4. The summed E-state index contributed by atoms with van der Waals surface area (Å²) in [6.45, 7) is 5.94. The van der Waals surface area contributed by atoms with Gasteiger partial charge >= 0.3 is 0 Å². The zero-order valence-corrected chi connectivity index (χ0v) is 18.8. The average molecular weight is 404 g/mol. The van der Waals surface area contributed by atoms with E-state index in [1.54, 1.807) is 0 Å². The van der Waals surface area contributed by atoms with Gasteiger partial charge in [-0.05, 0) is 18.8 Å². The molecule has 0 saturated heterocycles. The number of hydrogen-bond donors (Lipinski definition) is 2. The second kappa shape index (κ2) is 23.3. The summed E-state index contributed by atoms with van der Waals surface area (Å²) in [6.07, 6.45) is 20.1. The molecule has 5 heteroatoms. The molecule has 0 saturated carbocycles. The Hall–Kier alpha value is -0.770. The highest BCUT2D eigenvalue weighted by atomic mass is 35.5. The van der Waals surface area contributed by atoms with Gasteiger partial charge in [0, 0.05) is 19.5 Å². The maximum atomic E-state index is 10.4. The molecule has 27 heavy (non-hydrogen) atoms. The maximum Gasteiger partial charge on any atom is 0.188 e. The summed E-state index contributed by atoms with van der Waals surface area (Å²) in [5.74, 6) is 1.14. The topological polar surface area (TPSA) is 67.5 Å². The molecule has 3 N–H and O–H groups in total. The third-order valence-corrected chi connectivity index (χ3v) is 5.02. The molecule has 0 aromatic rings. The quantitative estimate of drug-likeness (QED) is 0.120. The van der Waals surface area contributed by atoms with Crippen molar-refractivity contribution in [2.45, 2.75) is 110 Å². The second-order valence-electron chi connectivity index (χ2n) is 7.59. The molecule has 1 atom stereocenters. The SMILES string of the molecule is CCCCCCCCCC(CCCCCCC)CN=C(N)NCCC=O.Cl. The molecular weight excluding hydrogens is 358 g/mol. The number of unbranched alkanes of at least 4 members (excludes halogenated alkanes) is 10. The van der Waals surface area contributed by atoms with Crippen molar-refractivity contribution in [1.82, 2.24) is 5.32 Å². The van der Waals surface area contributed by atoms with Crippen LogP contribution in [0, 0.1) is 5.92 Å². The molecule has 0 radical (unpaired) electrons. The van der Waals surface area contributed by atoms with Crippen LogP contribution in [0.4, 0.5) is 0 Å². The number of nitrogens with zero attached hydrogens (tertiary/aromatic N) is 1. The van der Waals surface area contributed by atoms with Gasteiger partial charge in [0.1, 0.15) is 6.29 Å². The summed E-state index contributed by atoms with van der Waals surface area (Å²) in [6, 6.07) is 0. The Morgan fingerprint density at radius 3 is 1.85 bits per heavy atom. The van der Waals surface area contributed by atoms with Gasteiger partial charge in [-0.25, -0.2) is 0 Å². The lowest BCUT2D eigenvalue weighted by Crippen LogP contribution is -2.33. The molecule has 0 fully saturated rings. The lowest BCUT2D eigenvalue weighted by atomic mass is 9.94. The van der Waals surface area contributed by atoms with Crippen LogP contribution in [-0.2, 0) is 4.79 Å². The smallest absolute Gasteiger partial charge is 0.188 e. The molecule has 0 aliphatic heterocycles. The molecule has 1 unspecified atom stereocenters. The van der Waals surface area contributed by atoms with E-state index in [1.807, 2.05) is 0 Å². The van der Waals surface area contributed by atoms with Crippen LogP contribution in [0.1, 0.15) is 110 Å². The van der Waals surface area contributed by atoms with Crippen molar-refractivity contribution in [3.63, 3.8) is 0 Å². The van der Waals surface area contributed by atoms with Gasteiger partial charge in [0.15, 0.2) is 5.96 Å². The molecule has 0 bridgehead atoms. The number of nitrogens with one attached hydrogen (secondary N) is 1. The van der Waals surface area contributed by atoms with Crippen LogP contribution in [0.25, 0.3) is 0 Å². The van der Waals surface area contributed by atoms with E-state index in [4.69, 9.17) is 5.73 Å². The summed E-state index contributed by atoms with van der Waals surface area (Å²) < 4.78 is 0. The molecule has 0 spiro atoms. The van der Waals surface area contributed by atoms with Gasteiger partial charge in [0.2, 0.25) is 0 Å². The summed E-state index contributed by atoms with van der Waals surface area (Å²) >= 11 is 0. The van der Waals surface area contributed by atoms with Gasteiger partial charge in [-0.15, -0.1) is 12.4 Å². The Bertz CT molecular complexity index is 338. The van der Waals surface area contributed by atoms with Crippen molar-refractivity contribution >= 4 is 24.7 Å². The highest BCUT2D eigenvalue weighted by molar-refractivity contribution is 5.85. The number of carbonyl (C=O) groups is 1. The monoisotopic (exact) mass is 403 g/mol. The first-order chi connectivity index (χ1) is 12.7. The number of aldehydes is 1. The Balaban J connectivity index is 0. The molecule has 0 aliphatic carbocycles. The Kier molecular flexibility index (Phi) is 24.5. The fourth-order valence-corrected chi connectivity index (χ4v) is 3.30. The van der Waals surface area contributed by atoms with Crippen LogP contribution in [0.15, 0.2) is 4.99 Å². The molecule has 0 heterocycles. The minimum atomic E-state index is 0. The summed E-state index contributed by atoms with van der Waals surface area (Å²) in [5.41, 5.74) is 5.90. The normalized spacial score (nSPS) is 12.4. The van der Waals surface area contributed by atoms with Crippen LogP contribution in [-0.4, -0.2) is 25.3 Å². The van der Waals surface area contributed by atoms with E-state index in [-0.39, 0.29) is 12.4 Å². The molecule has 0 rings (SSSR count). The number of nitrogens with two attached hydrogens (primary N) is 1. The average Bonchev–Trinajstić information content (AvgIpc) is 2.64. The minimum absolute atomic E-state index is 0. The van der Waals surface area contributed by atoms with E-state index in [9.17, 15) is 4.79 Å². The third kappa shape index (κ3) is 21.4. The first-order valence-electron chi connectivity index (χ1n) is 11.2. The van der Waals surface area contributed by atoms with Gasteiger partial charge in [-0.3, -0.25) is 4.99 Å². The predicted molar refractivity (Wildman–Crippen MR) is 122 cm³/mol. The van der Waals surface area contributed by atoms with Crippen molar-refractivity contribution in [2.24, 2.45) is 16.6 Å². The zero-order valence-electron chi connectivity index (χ0n) is 18.0. The zero-order chi connectivity index (χ0) is 19.3. The molecule has 4 nitrogen and oxygen atoms in total. The number of halogens is 1. The molecule has 0 aliphatic rings. The summed E-state index contributed by atoms with van der Waals surface area (Å²) in [7, 11) is 0. The summed E-state index contributed by atoms with van der Waals surface area (Å²) in [5, 5.41) is 3.02. The number of guanidine groups is 1. The van der Waals surface area contributed by atoms with E-state index in [1.165, 1.54) is 89.9 Å². The fourth-order valence-electron chi connectivity index (χ4n) is 3.30. The van der Waals surface area contributed by atoms with Crippen LogP contribution >= 0.6 is 12.4 Å². The van der Waals surface area contributed by atoms with E-state index in [0.717, 1.165) is 12.8 Å². The molecular formula is C22H46ClN3O. The van der Waals surface area contributed by atoms with Crippen molar-refractivity contribution in [2.75, 3.05) is 13.1 Å². The van der Waals surface area contributed by atoms with E-state index < -0.39 is 0 Å². The minimum Gasteiger partial charge on any atom is -0.370 e. The number of hydrogen-bond acceptors (Lipinski definition) is 2. The lowest BCUT2D eigenvalue weighted by molar-refractivity contribution is -0.107. The van der Waals surface area contributed by atoms with Crippen molar-refractivity contribution in [3.8, 4) is 0 Å². The van der Waals surface area contributed by atoms with Gasteiger partial charge < -0.3 is 15.8 Å². The van der Waals surface area contributed by atoms with Gasteiger partial charge in [0.25, 0.3) is 0 Å². The largest absolute Gasteiger partial charge is 0.370 e. The van der Waals surface area contributed by atoms with Crippen LogP contribution in [0.5, 0.6) is 0 Å². The highest BCUT2D eigenvalue weighted by Crippen LogP contribution is 2.19. The molecule has 0 aromatic carbocycles. The molecule has 162 valence electrons. The standard InChI is InChI=1S/C22H45N3O.ClH/c1-3-5-7-9-10-12-14-17-21(16-13-11-8-6-4-2)20-25-22(23)24-18-15-19-26;/h19,21H,3-18,20H2,1-2H3,(H3,23,24,25);1H. The van der Waals surface area contributed by atoms with Crippen molar-refractivity contribution in [1.29, 1.82) is 0 Å². The van der Waals surface area contributed by atoms with Crippen molar-refractivity contribution < 1.29 is 4.79 Å². The van der Waals surface area contributed by atoms with Crippen LogP contribution < -0.4 is 11.1 Å². The van der Waals surface area contributed by atoms with Crippen LogP contribution in [0.3, 0.4) is 0 Å². The van der Waals surface area contributed by atoms with Crippen LogP contribution in [0.2, 0.25) is 0 Å². The van der Waals surface area contributed by atoms with Gasteiger partial charge in [0.05, 0.1) is 0 Å². The highest BCUT2D eigenvalue weighted by Gasteiger charge is 2.08.